The van der Waals surface area contributed by atoms with E-state index in [1.54, 1.807) is 0 Å². The van der Waals surface area contributed by atoms with E-state index >= 15 is 0 Å². The maximum Gasteiger partial charge on any atom is 0.234 e. The lowest BCUT2D eigenvalue weighted by atomic mass is 10.0. The monoisotopic (exact) mass is 200 g/mol. The molecule has 1 aliphatic rings. The number of hydrogen-bond acceptors (Lipinski definition) is 3. The van der Waals surface area contributed by atoms with Gasteiger partial charge in [-0.1, -0.05) is 6.92 Å². The molecule has 0 aromatic rings. The molecule has 4 heteroatoms. The number of rotatable bonds is 5. The highest BCUT2D eigenvalue weighted by Gasteiger charge is 2.21. The molecule has 0 spiro atoms. The number of carbonyl (C=O) groups excluding carboxylic acids is 1. The summed E-state index contributed by atoms with van der Waals surface area (Å²) in [4.78, 5) is 11.4. The number of nitrogens with one attached hydrogen (secondary N) is 2. The Morgan fingerprint density at radius 2 is 2.14 bits per heavy atom. The van der Waals surface area contributed by atoms with E-state index < -0.39 is 0 Å². The van der Waals surface area contributed by atoms with Crippen LogP contribution in [0.4, 0.5) is 0 Å². The summed E-state index contributed by atoms with van der Waals surface area (Å²) >= 11 is 0. The van der Waals surface area contributed by atoms with Gasteiger partial charge < -0.3 is 15.4 Å². The fraction of sp³-hybridized carbons (Fsp3) is 0.900. The van der Waals surface area contributed by atoms with Gasteiger partial charge in [-0.2, -0.15) is 0 Å². The van der Waals surface area contributed by atoms with Crippen molar-refractivity contribution in [3.8, 4) is 0 Å². The van der Waals surface area contributed by atoms with E-state index in [0.717, 1.165) is 19.6 Å². The van der Waals surface area contributed by atoms with Crippen LogP contribution in [0, 0.1) is 0 Å². The normalized spacial score (nSPS) is 17.6. The van der Waals surface area contributed by atoms with Crippen LogP contribution < -0.4 is 10.6 Å². The first-order chi connectivity index (χ1) is 6.53. The van der Waals surface area contributed by atoms with Gasteiger partial charge in [-0.3, -0.25) is 4.79 Å². The van der Waals surface area contributed by atoms with Gasteiger partial charge in [-0.05, 0) is 20.3 Å². The van der Waals surface area contributed by atoms with Crippen LogP contribution in [0.2, 0.25) is 0 Å². The molecular weight excluding hydrogens is 180 g/mol. The maximum atomic E-state index is 11.4. The highest BCUT2D eigenvalue weighted by molar-refractivity contribution is 5.78. The van der Waals surface area contributed by atoms with E-state index in [1.165, 1.54) is 0 Å². The molecule has 0 saturated carbocycles. The Balaban J connectivity index is 2.14. The van der Waals surface area contributed by atoms with Crippen LogP contribution in [0.1, 0.15) is 27.2 Å². The van der Waals surface area contributed by atoms with Crippen LogP contribution in [-0.4, -0.2) is 37.2 Å². The highest BCUT2D eigenvalue weighted by atomic mass is 16.5. The molecule has 1 aliphatic heterocycles. The van der Waals surface area contributed by atoms with Crippen LogP contribution in [-0.2, 0) is 9.53 Å². The highest BCUT2D eigenvalue weighted by Crippen LogP contribution is 2.06. The fourth-order valence-corrected chi connectivity index (χ4v) is 1.10. The molecule has 0 aromatic carbocycles. The summed E-state index contributed by atoms with van der Waals surface area (Å²) in [5.41, 5.74) is -0.102. The Bertz CT molecular complexity index is 200. The largest absolute Gasteiger partial charge is 0.378 e. The molecular formula is C10H20N2O2. The molecule has 0 radical (unpaired) electrons. The number of ether oxygens (including phenoxy) is 1. The zero-order chi connectivity index (χ0) is 10.6. The summed E-state index contributed by atoms with van der Waals surface area (Å²) in [5, 5.41) is 6.10. The van der Waals surface area contributed by atoms with Crippen molar-refractivity contribution in [2.45, 2.75) is 38.8 Å². The second kappa shape index (κ2) is 4.75. The average molecular weight is 200 g/mol. The van der Waals surface area contributed by atoms with Crippen LogP contribution in [0.25, 0.3) is 0 Å². The van der Waals surface area contributed by atoms with Gasteiger partial charge in [0.05, 0.1) is 25.8 Å². The minimum absolute atomic E-state index is 0.0590. The quantitative estimate of drug-likeness (QED) is 0.670. The molecule has 4 nitrogen and oxygen atoms in total. The minimum Gasteiger partial charge on any atom is -0.378 e. The zero-order valence-corrected chi connectivity index (χ0v) is 9.22. The first-order valence-electron chi connectivity index (χ1n) is 5.15. The van der Waals surface area contributed by atoms with Gasteiger partial charge in [0.1, 0.15) is 0 Å². The van der Waals surface area contributed by atoms with Crippen molar-refractivity contribution in [3.05, 3.63) is 0 Å². The summed E-state index contributed by atoms with van der Waals surface area (Å²) in [7, 11) is 0. The van der Waals surface area contributed by atoms with Crippen LogP contribution >= 0.6 is 0 Å². The Kier molecular flexibility index (Phi) is 3.89. The predicted octanol–water partition coefficient (Wildman–Crippen LogP) is 0.280. The second-order valence-electron chi connectivity index (χ2n) is 4.40. The lowest BCUT2D eigenvalue weighted by Gasteiger charge is -2.28. The minimum atomic E-state index is -0.102. The smallest absolute Gasteiger partial charge is 0.234 e. The fourth-order valence-electron chi connectivity index (χ4n) is 1.10. The molecule has 82 valence electrons. The lowest BCUT2D eigenvalue weighted by molar-refractivity contribution is -0.122. The van der Waals surface area contributed by atoms with Gasteiger partial charge in [0.15, 0.2) is 0 Å². The third-order valence-corrected chi connectivity index (χ3v) is 2.55. The van der Waals surface area contributed by atoms with Crippen molar-refractivity contribution < 1.29 is 9.53 Å². The van der Waals surface area contributed by atoms with E-state index in [-0.39, 0.29) is 11.4 Å². The van der Waals surface area contributed by atoms with E-state index in [0.29, 0.717) is 12.6 Å². The molecule has 0 bridgehead atoms. The first-order valence-corrected chi connectivity index (χ1v) is 5.15. The van der Waals surface area contributed by atoms with Crippen molar-refractivity contribution in [1.29, 1.82) is 0 Å². The zero-order valence-electron chi connectivity index (χ0n) is 9.22. The summed E-state index contributed by atoms with van der Waals surface area (Å²) in [5.74, 6) is 0.0590. The van der Waals surface area contributed by atoms with Gasteiger partial charge in [-0.15, -0.1) is 0 Å². The Hall–Kier alpha value is -0.610. The standard InChI is InChI=1S/C10H20N2O2/c1-4-10(2,3)12-9(13)5-11-8-6-14-7-8/h8,11H,4-7H2,1-3H3,(H,12,13). The van der Waals surface area contributed by atoms with Crippen molar-refractivity contribution in [1.82, 2.24) is 10.6 Å². The van der Waals surface area contributed by atoms with Crippen molar-refractivity contribution >= 4 is 5.91 Å². The third-order valence-electron chi connectivity index (χ3n) is 2.55. The second-order valence-corrected chi connectivity index (χ2v) is 4.40. The number of hydrogen-bond donors (Lipinski definition) is 2. The van der Waals surface area contributed by atoms with E-state index in [2.05, 4.69) is 17.6 Å². The van der Waals surface area contributed by atoms with Gasteiger partial charge in [0.25, 0.3) is 0 Å². The lowest BCUT2D eigenvalue weighted by Crippen LogP contribution is -2.52. The van der Waals surface area contributed by atoms with Crippen LogP contribution in [0.3, 0.4) is 0 Å². The van der Waals surface area contributed by atoms with E-state index in [4.69, 9.17) is 4.74 Å². The van der Waals surface area contributed by atoms with E-state index in [9.17, 15) is 4.79 Å². The first kappa shape index (κ1) is 11.5. The maximum absolute atomic E-state index is 11.4. The van der Waals surface area contributed by atoms with Crippen molar-refractivity contribution in [2.75, 3.05) is 19.8 Å². The molecule has 0 atom stereocenters. The van der Waals surface area contributed by atoms with Gasteiger partial charge in [-0.25, -0.2) is 0 Å². The van der Waals surface area contributed by atoms with Gasteiger partial charge in [0, 0.05) is 5.54 Å². The SMILES string of the molecule is CCC(C)(C)NC(=O)CNC1COC1. The molecule has 0 aliphatic carbocycles. The molecule has 1 rings (SSSR count). The molecule has 0 unspecified atom stereocenters. The Labute approximate surface area is 85.4 Å². The topological polar surface area (TPSA) is 50.4 Å². The predicted molar refractivity (Wildman–Crippen MR) is 55.1 cm³/mol. The molecule has 1 fully saturated rings. The number of carbonyl (C=O) groups is 1. The molecule has 14 heavy (non-hydrogen) atoms. The summed E-state index contributed by atoms with van der Waals surface area (Å²) in [6, 6.07) is 0.366. The number of amides is 1. The van der Waals surface area contributed by atoms with Gasteiger partial charge >= 0.3 is 0 Å². The summed E-state index contributed by atoms with van der Waals surface area (Å²) in [6.45, 7) is 7.95. The Morgan fingerprint density at radius 1 is 1.50 bits per heavy atom. The third kappa shape index (κ3) is 3.64. The average Bonchev–Trinajstić information content (AvgIpc) is 2.00. The molecule has 1 saturated heterocycles. The van der Waals surface area contributed by atoms with E-state index in [1.807, 2.05) is 13.8 Å². The molecule has 1 amide bonds. The van der Waals surface area contributed by atoms with Crippen LogP contribution in [0.5, 0.6) is 0 Å². The van der Waals surface area contributed by atoms with Crippen molar-refractivity contribution in [2.24, 2.45) is 0 Å². The van der Waals surface area contributed by atoms with Gasteiger partial charge in [0.2, 0.25) is 5.91 Å². The summed E-state index contributed by atoms with van der Waals surface area (Å²) in [6.07, 6.45) is 0.936. The summed E-state index contributed by atoms with van der Waals surface area (Å²) < 4.78 is 5.00. The molecule has 0 aromatic heterocycles. The Morgan fingerprint density at radius 3 is 2.57 bits per heavy atom. The molecule has 2 N–H and O–H groups in total. The van der Waals surface area contributed by atoms with Crippen LogP contribution in [0.15, 0.2) is 0 Å². The molecule has 1 heterocycles. The van der Waals surface area contributed by atoms with Crippen molar-refractivity contribution in [3.63, 3.8) is 0 Å².